The van der Waals surface area contributed by atoms with Crippen LogP contribution in [-0.4, -0.2) is 31.9 Å². The molecule has 2 aromatic heterocycles. The summed E-state index contributed by atoms with van der Waals surface area (Å²) in [5.74, 6) is 0.0828. The zero-order chi connectivity index (χ0) is 14.7. The van der Waals surface area contributed by atoms with Crippen LogP contribution in [0.15, 0.2) is 43.0 Å². The maximum Gasteiger partial charge on any atom is 0.242 e. The molecule has 0 aliphatic rings. The Labute approximate surface area is 120 Å². The molecule has 0 aliphatic heterocycles. The Bertz CT molecular complexity index is 754. The summed E-state index contributed by atoms with van der Waals surface area (Å²) in [6.45, 7) is 0. The number of imidazole rings is 1. The molecular weight excluding hydrogens is 268 g/mol. The van der Waals surface area contributed by atoms with Gasteiger partial charge in [-0.2, -0.15) is 0 Å². The Balaban J connectivity index is 1.72. The van der Waals surface area contributed by atoms with E-state index in [4.69, 9.17) is 5.73 Å². The van der Waals surface area contributed by atoms with Crippen molar-refractivity contribution in [3.8, 4) is 0 Å². The third-order valence-corrected chi connectivity index (χ3v) is 3.10. The highest BCUT2D eigenvalue weighted by Crippen LogP contribution is 2.14. The molecule has 1 amide bonds. The van der Waals surface area contributed by atoms with Crippen molar-refractivity contribution in [1.82, 2.24) is 19.9 Å². The highest BCUT2D eigenvalue weighted by molar-refractivity contribution is 5.99. The van der Waals surface area contributed by atoms with Gasteiger partial charge in [-0.1, -0.05) is 30.3 Å². The van der Waals surface area contributed by atoms with Gasteiger partial charge in [0.1, 0.15) is 11.8 Å². The van der Waals surface area contributed by atoms with Gasteiger partial charge >= 0.3 is 0 Å². The van der Waals surface area contributed by atoms with Gasteiger partial charge in [-0.3, -0.25) is 4.79 Å². The predicted molar refractivity (Wildman–Crippen MR) is 78.4 cm³/mol. The molecule has 21 heavy (non-hydrogen) atoms. The van der Waals surface area contributed by atoms with Gasteiger partial charge in [0.15, 0.2) is 11.5 Å². The van der Waals surface area contributed by atoms with Crippen molar-refractivity contribution in [2.45, 2.75) is 12.5 Å². The number of anilines is 1. The highest BCUT2D eigenvalue weighted by Gasteiger charge is 2.16. The van der Waals surface area contributed by atoms with Gasteiger partial charge in [0.25, 0.3) is 0 Å². The van der Waals surface area contributed by atoms with Crippen molar-refractivity contribution in [3.63, 3.8) is 0 Å². The number of nitrogens with zero attached hydrogens (tertiary/aromatic N) is 3. The Hall–Kier alpha value is -2.80. The lowest BCUT2D eigenvalue weighted by atomic mass is 10.1. The van der Waals surface area contributed by atoms with Crippen molar-refractivity contribution in [2.24, 2.45) is 5.73 Å². The largest absolute Gasteiger partial charge is 0.340 e. The average Bonchev–Trinajstić information content (AvgIpc) is 2.98. The fourth-order valence-corrected chi connectivity index (χ4v) is 2.03. The lowest BCUT2D eigenvalue weighted by Crippen LogP contribution is -2.37. The zero-order valence-corrected chi connectivity index (χ0v) is 11.2. The minimum Gasteiger partial charge on any atom is -0.340 e. The molecule has 2 heterocycles. The molecule has 0 saturated carbocycles. The van der Waals surface area contributed by atoms with Gasteiger partial charge in [0.05, 0.1) is 12.4 Å². The number of aromatic amines is 1. The summed E-state index contributed by atoms with van der Waals surface area (Å²) in [5.41, 5.74) is 8.02. The van der Waals surface area contributed by atoms with Crippen LogP contribution in [-0.2, 0) is 11.2 Å². The number of nitrogens with two attached hydrogens (primary N) is 1. The number of aromatic nitrogens is 4. The lowest BCUT2D eigenvalue weighted by Gasteiger charge is -2.12. The molecular formula is C14H14N6O. The molecule has 1 aromatic carbocycles. The van der Waals surface area contributed by atoms with Crippen LogP contribution in [0.25, 0.3) is 11.2 Å². The van der Waals surface area contributed by atoms with Crippen molar-refractivity contribution in [3.05, 3.63) is 48.5 Å². The molecule has 1 unspecified atom stereocenters. The molecule has 0 saturated heterocycles. The molecule has 4 N–H and O–H groups in total. The number of H-pyrrole nitrogens is 1. The predicted octanol–water partition coefficient (Wildman–Crippen LogP) is 0.861. The summed E-state index contributed by atoms with van der Waals surface area (Å²) in [7, 11) is 0. The first-order valence-electron chi connectivity index (χ1n) is 6.48. The van der Waals surface area contributed by atoms with Crippen LogP contribution in [0.2, 0.25) is 0 Å². The molecule has 7 heteroatoms. The second-order valence-corrected chi connectivity index (χ2v) is 4.61. The van der Waals surface area contributed by atoms with Crippen LogP contribution in [0.5, 0.6) is 0 Å². The number of hydrogen-bond donors (Lipinski definition) is 3. The number of fused-ring (bicyclic) bond motifs is 1. The molecule has 3 rings (SSSR count). The SMILES string of the molecule is NC(Cc1ccccc1)C(=O)Nc1ncnc2nc[nH]c12. The zero-order valence-electron chi connectivity index (χ0n) is 11.2. The topological polar surface area (TPSA) is 110 Å². The molecule has 3 aromatic rings. The Kier molecular flexibility index (Phi) is 3.57. The Morgan fingerprint density at radius 3 is 2.86 bits per heavy atom. The van der Waals surface area contributed by atoms with E-state index in [0.29, 0.717) is 23.4 Å². The van der Waals surface area contributed by atoms with Crippen LogP contribution in [0.1, 0.15) is 5.56 Å². The smallest absolute Gasteiger partial charge is 0.242 e. The van der Waals surface area contributed by atoms with Crippen molar-refractivity contribution in [2.75, 3.05) is 5.32 Å². The van der Waals surface area contributed by atoms with E-state index in [-0.39, 0.29) is 5.91 Å². The maximum atomic E-state index is 12.2. The summed E-state index contributed by atoms with van der Waals surface area (Å²) >= 11 is 0. The van der Waals surface area contributed by atoms with E-state index in [2.05, 4.69) is 25.3 Å². The second-order valence-electron chi connectivity index (χ2n) is 4.61. The fraction of sp³-hybridized carbons (Fsp3) is 0.143. The number of rotatable bonds is 4. The van der Waals surface area contributed by atoms with Gasteiger partial charge < -0.3 is 16.0 Å². The van der Waals surface area contributed by atoms with Gasteiger partial charge in [-0.15, -0.1) is 0 Å². The second kappa shape index (κ2) is 5.68. The van der Waals surface area contributed by atoms with Crippen LogP contribution < -0.4 is 11.1 Å². The first-order valence-corrected chi connectivity index (χ1v) is 6.48. The van der Waals surface area contributed by atoms with E-state index in [0.717, 1.165) is 5.56 Å². The minimum absolute atomic E-state index is 0.298. The number of nitrogens with one attached hydrogen (secondary N) is 2. The van der Waals surface area contributed by atoms with Crippen LogP contribution in [0.3, 0.4) is 0 Å². The summed E-state index contributed by atoms with van der Waals surface area (Å²) in [5, 5.41) is 2.70. The average molecular weight is 282 g/mol. The van der Waals surface area contributed by atoms with E-state index < -0.39 is 6.04 Å². The van der Waals surface area contributed by atoms with E-state index >= 15 is 0 Å². The number of carbonyl (C=O) groups is 1. The van der Waals surface area contributed by atoms with E-state index in [1.165, 1.54) is 12.7 Å². The molecule has 106 valence electrons. The Morgan fingerprint density at radius 1 is 1.24 bits per heavy atom. The molecule has 0 aliphatic carbocycles. The van der Waals surface area contributed by atoms with Crippen LogP contribution >= 0.6 is 0 Å². The monoisotopic (exact) mass is 282 g/mol. The fourth-order valence-electron chi connectivity index (χ4n) is 2.03. The maximum absolute atomic E-state index is 12.2. The Morgan fingerprint density at radius 2 is 2.05 bits per heavy atom. The third kappa shape index (κ3) is 2.87. The molecule has 0 fully saturated rings. The lowest BCUT2D eigenvalue weighted by molar-refractivity contribution is -0.117. The summed E-state index contributed by atoms with van der Waals surface area (Å²) in [6, 6.07) is 8.97. The minimum atomic E-state index is -0.652. The molecule has 1 atom stereocenters. The third-order valence-electron chi connectivity index (χ3n) is 3.10. The molecule has 0 spiro atoms. The summed E-state index contributed by atoms with van der Waals surface area (Å²) in [6.07, 6.45) is 3.31. The first-order chi connectivity index (χ1) is 10.2. The molecule has 0 bridgehead atoms. The van der Waals surface area contributed by atoms with Gasteiger partial charge in [0.2, 0.25) is 5.91 Å². The van der Waals surface area contributed by atoms with Crippen molar-refractivity contribution < 1.29 is 4.79 Å². The quantitative estimate of drug-likeness (QED) is 0.657. The standard InChI is InChI=1S/C14H14N6O/c15-10(6-9-4-2-1-3-5-9)14(21)20-13-11-12(17-7-16-11)18-8-19-13/h1-5,7-8,10H,6,15H2,(H2,16,17,18,19,20,21). The molecule has 7 nitrogen and oxygen atoms in total. The van der Waals surface area contributed by atoms with E-state index in [1.807, 2.05) is 30.3 Å². The van der Waals surface area contributed by atoms with E-state index in [9.17, 15) is 4.79 Å². The number of benzene rings is 1. The van der Waals surface area contributed by atoms with Gasteiger partial charge in [-0.25, -0.2) is 15.0 Å². The van der Waals surface area contributed by atoms with E-state index in [1.54, 1.807) is 0 Å². The van der Waals surface area contributed by atoms with Crippen LogP contribution in [0, 0.1) is 0 Å². The first kappa shape index (κ1) is 13.2. The van der Waals surface area contributed by atoms with Gasteiger partial charge in [0, 0.05) is 0 Å². The summed E-state index contributed by atoms with van der Waals surface area (Å²) in [4.78, 5) is 27.1. The number of carbonyl (C=O) groups excluding carboxylic acids is 1. The van der Waals surface area contributed by atoms with Crippen molar-refractivity contribution >= 4 is 22.9 Å². The van der Waals surface area contributed by atoms with Crippen molar-refractivity contribution in [1.29, 1.82) is 0 Å². The van der Waals surface area contributed by atoms with Crippen LogP contribution in [0.4, 0.5) is 5.82 Å². The van der Waals surface area contributed by atoms with Gasteiger partial charge in [-0.05, 0) is 12.0 Å². The molecule has 0 radical (unpaired) electrons. The number of amides is 1. The number of hydrogen-bond acceptors (Lipinski definition) is 5. The summed E-state index contributed by atoms with van der Waals surface area (Å²) < 4.78 is 0. The normalized spacial score (nSPS) is 12.2. The highest BCUT2D eigenvalue weighted by atomic mass is 16.2.